The van der Waals surface area contributed by atoms with Crippen LogP contribution >= 0.6 is 0 Å². The number of H-pyrrole nitrogens is 1. The summed E-state index contributed by atoms with van der Waals surface area (Å²) in [6.45, 7) is 0. The highest BCUT2D eigenvalue weighted by Gasteiger charge is 2.27. The molecular formula is C12H10N2O3. The topological polar surface area (TPSA) is 75.2 Å². The zero-order valence-electron chi connectivity index (χ0n) is 9.15. The lowest BCUT2D eigenvalue weighted by molar-refractivity contribution is 0.0689. The SMILES string of the molecule is COc1ccc2c(c1)Cc1c-2n[nH]c1C(=O)O. The number of carboxylic acid groups (broad SMARTS) is 1. The second-order valence-electron chi connectivity index (χ2n) is 3.93. The molecule has 5 nitrogen and oxygen atoms in total. The maximum Gasteiger partial charge on any atom is 0.354 e. The van der Waals surface area contributed by atoms with Crippen LogP contribution in [0, 0.1) is 0 Å². The van der Waals surface area contributed by atoms with E-state index >= 15 is 0 Å². The van der Waals surface area contributed by atoms with E-state index in [9.17, 15) is 4.79 Å². The number of ether oxygens (including phenoxy) is 1. The summed E-state index contributed by atoms with van der Waals surface area (Å²) in [5.74, 6) is -0.201. The van der Waals surface area contributed by atoms with Crippen LogP contribution in [0.3, 0.4) is 0 Å². The summed E-state index contributed by atoms with van der Waals surface area (Å²) in [5.41, 5.74) is 3.69. The van der Waals surface area contributed by atoms with E-state index < -0.39 is 5.97 Å². The van der Waals surface area contributed by atoms with Crippen molar-refractivity contribution in [2.45, 2.75) is 6.42 Å². The van der Waals surface area contributed by atoms with Gasteiger partial charge in [-0.25, -0.2) is 4.79 Å². The molecule has 2 N–H and O–H groups in total. The van der Waals surface area contributed by atoms with E-state index in [4.69, 9.17) is 9.84 Å². The van der Waals surface area contributed by atoms with Crippen molar-refractivity contribution in [2.75, 3.05) is 7.11 Å². The Kier molecular flexibility index (Phi) is 1.95. The average Bonchev–Trinajstić information content (AvgIpc) is 2.85. The molecule has 0 saturated carbocycles. The summed E-state index contributed by atoms with van der Waals surface area (Å²) in [7, 11) is 1.61. The lowest BCUT2D eigenvalue weighted by Gasteiger charge is -2.03. The molecule has 17 heavy (non-hydrogen) atoms. The number of aromatic nitrogens is 2. The number of aromatic carboxylic acids is 1. The molecular weight excluding hydrogens is 220 g/mol. The summed E-state index contributed by atoms with van der Waals surface area (Å²) < 4.78 is 5.15. The van der Waals surface area contributed by atoms with Gasteiger partial charge in [-0.2, -0.15) is 5.10 Å². The molecule has 1 aromatic carbocycles. The summed E-state index contributed by atoms with van der Waals surface area (Å²) in [6, 6.07) is 5.68. The Morgan fingerprint density at radius 1 is 1.53 bits per heavy atom. The Labute approximate surface area is 97.0 Å². The number of carboxylic acids is 1. The quantitative estimate of drug-likeness (QED) is 0.702. The number of hydrogen-bond acceptors (Lipinski definition) is 3. The van der Waals surface area contributed by atoms with Crippen molar-refractivity contribution in [3.05, 3.63) is 35.0 Å². The lowest BCUT2D eigenvalue weighted by atomic mass is 10.1. The van der Waals surface area contributed by atoms with Gasteiger partial charge in [0, 0.05) is 17.5 Å². The molecule has 3 rings (SSSR count). The molecule has 0 bridgehead atoms. The highest BCUT2D eigenvalue weighted by molar-refractivity contribution is 5.91. The van der Waals surface area contributed by atoms with Gasteiger partial charge in [-0.1, -0.05) is 0 Å². The van der Waals surface area contributed by atoms with Crippen LogP contribution in [0.1, 0.15) is 21.6 Å². The first-order valence-corrected chi connectivity index (χ1v) is 5.18. The Morgan fingerprint density at radius 3 is 3.06 bits per heavy atom. The van der Waals surface area contributed by atoms with Crippen molar-refractivity contribution in [3.63, 3.8) is 0 Å². The number of carbonyl (C=O) groups is 1. The smallest absolute Gasteiger partial charge is 0.354 e. The van der Waals surface area contributed by atoms with Crippen molar-refractivity contribution >= 4 is 5.97 Å². The van der Waals surface area contributed by atoms with Gasteiger partial charge in [-0.3, -0.25) is 5.10 Å². The van der Waals surface area contributed by atoms with Gasteiger partial charge in [0.2, 0.25) is 0 Å². The summed E-state index contributed by atoms with van der Waals surface area (Å²) in [5, 5.41) is 15.7. The molecule has 5 heteroatoms. The van der Waals surface area contributed by atoms with Crippen molar-refractivity contribution in [1.29, 1.82) is 0 Å². The molecule has 2 aromatic rings. The van der Waals surface area contributed by atoms with Gasteiger partial charge in [0.15, 0.2) is 0 Å². The third kappa shape index (κ3) is 1.32. The lowest BCUT2D eigenvalue weighted by Crippen LogP contribution is -2.00. The molecule has 1 aliphatic rings. The fraction of sp³-hybridized carbons (Fsp3) is 0.167. The Hall–Kier alpha value is -2.30. The van der Waals surface area contributed by atoms with Gasteiger partial charge >= 0.3 is 5.97 Å². The zero-order valence-corrected chi connectivity index (χ0v) is 9.15. The number of benzene rings is 1. The van der Waals surface area contributed by atoms with Crippen LogP contribution in [-0.2, 0) is 6.42 Å². The molecule has 0 atom stereocenters. The number of nitrogens with one attached hydrogen (secondary N) is 1. The van der Waals surface area contributed by atoms with E-state index in [0.717, 1.165) is 28.1 Å². The van der Waals surface area contributed by atoms with Gasteiger partial charge in [0.1, 0.15) is 11.4 Å². The van der Waals surface area contributed by atoms with Gasteiger partial charge < -0.3 is 9.84 Å². The maximum absolute atomic E-state index is 11.0. The van der Waals surface area contributed by atoms with Gasteiger partial charge in [-0.05, 0) is 23.8 Å². The van der Waals surface area contributed by atoms with E-state index in [1.165, 1.54) is 0 Å². The highest BCUT2D eigenvalue weighted by Crippen LogP contribution is 2.38. The largest absolute Gasteiger partial charge is 0.497 e. The standard InChI is InChI=1S/C12H10N2O3/c1-17-7-2-3-8-6(4-7)5-9-10(8)13-14-11(9)12(15)16/h2-4H,5H2,1H3,(H,13,14)(H,15,16). The average molecular weight is 230 g/mol. The van der Waals surface area contributed by atoms with Crippen LogP contribution < -0.4 is 4.74 Å². The Balaban J connectivity index is 2.14. The fourth-order valence-electron chi connectivity index (χ4n) is 2.20. The second kappa shape index (κ2) is 3.35. The zero-order chi connectivity index (χ0) is 12.0. The predicted octanol–water partition coefficient (Wildman–Crippen LogP) is 1.69. The van der Waals surface area contributed by atoms with Crippen LogP contribution in [0.15, 0.2) is 18.2 Å². The Bertz CT molecular complexity index is 616. The third-order valence-corrected chi connectivity index (χ3v) is 3.02. The first kappa shape index (κ1) is 9.89. The van der Waals surface area contributed by atoms with E-state index in [1.54, 1.807) is 7.11 Å². The van der Waals surface area contributed by atoms with Crippen molar-refractivity contribution < 1.29 is 14.6 Å². The first-order chi connectivity index (χ1) is 8.20. The monoisotopic (exact) mass is 230 g/mol. The van der Waals surface area contributed by atoms with E-state index in [1.807, 2.05) is 18.2 Å². The summed E-state index contributed by atoms with van der Waals surface area (Å²) in [4.78, 5) is 11.0. The molecule has 1 heterocycles. The minimum absolute atomic E-state index is 0.176. The molecule has 0 radical (unpaired) electrons. The molecule has 1 aromatic heterocycles. The first-order valence-electron chi connectivity index (χ1n) is 5.18. The van der Waals surface area contributed by atoms with Crippen LogP contribution in [0.25, 0.3) is 11.3 Å². The van der Waals surface area contributed by atoms with Crippen molar-refractivity contribution in [2.24, 2.45) is 0 Å². The van der Waals surface area contributed by atoms with E-state index in [0.29, 0.717) is 6.42 Å². The van der Waals surface area contributed by atoms with Crippen LogP contribution in [0.2, 0.25) is 0 Å². The predicted molar refractivity (Wildman–Crippen MR) is 60.3 cm³/mol. The molecule has 0 fully saturated rings. The second-order valence-corrected chi connectivity index (χ2v) is 3.93. The van der Waals surface area contributed by atoms with Crippen LogP contribution in [0.4, 0.5) is 0 Å². The summed E-state index contributed by atoms with van der Waals surface area (Å²) in [6.07, 6.45) is 0.583. The Morgan fingerprint density at radius 2 is 2.35 bits per heavy atom. The molecule has 86 valence electrons. The van der Waals surface area contributed by atoms with Crippen LogP contribution in [-0.4, -0.2) is 28.4 Å². The third-order valence-electron chi connectivity index (χ3n) is 3.02. The minimum Gasteiger partial charge on any atom is -0.497 e. The van der Waals surface area contributed by atoms with E-state index in [-0.39, 0.29) is 5.69 Å². The number of hydrogen-bond donors (Lipinski definition) is 2. The molecule has 0 unspecified atom stereocenters. The van der Waals surface area contributed by atoms with Gasteiger partial charge in [-0.15, -0.1) is 0 Å². The normalized spacial score (nSPS) is 12.1. The van der Waals surface area contributed by atoms with Gasteiger partial charge in [0.05, 0.1) is 12.8 Å². The highest BCUT2D eigenvalue weighted by atomic mass is 16.5. The number of nitrogens with zero attached hydrogens (tertiary/aromatic N) is 1. The number of methoxy groups -OCH3 is 1. The molecule has 0 amide bonds. The van der Waals surface area contributed by atoms with Crippen LogP contribution in [0.5, 0.6) is 5.75 Å². The fourth-order valence-corrected chi connectivity index (χ4v) is 2.20. The number of fused-ring (bicyclic) bond motifs is 3. The van der Waals surface area contributed by atoms with E-state index in [2.05, 4.69) is 10.2 Å². The molecule has 0 spiro atoms. The molecule has 0 saturated heterocycles. The number of rotatable bonds is 2. The summed E-state index contributed by atoms with van der Waals surface area (Å²) >= 11 is 0. The maximum atomic E-state index is 11.0. The molecule has 0 aliphatic heterocycles. The minimum atomic E-state index is -0.974. The van der Waals surface area contributed by atoms with Crippen molar-refractivity contribution in [1.82, 2.24) is 10.2 Å². The van der Waals surface area contributed by atoms with Crippen molar-refractivity contribution in [3.8, 4) is 17.0 Å². The molecule has 1 aliphatic carbocycles. The van der Waals surface area contributed by atoms with Gasteiger partial charge in [0.25, 0.3) is 0 Å². The number of aromatic amines is 1.